The first-order valence-corrected chi connectivity index (χ1v) is 14.1. The van der Waals surface area contributed by atoms with Gasteiger partial charge >= 0.3 is 0 Å². The van der Waals surface area contributed by atoms with Gasteiger partial charge in [-0.15, -0.1) is 0 Å². The highest BCUT2D eigenvalue weighted by Gasteiger charge is 2.48. The van der Waals surface area contributed by atoms with E-state index >= 15 is 0 Å². The summed E-state index contributed by atoms with van der Waals surface area (Å²) in [6, 6.07) is 48.6. The van der Waals surface area contributed by atoms with Gasteiger partial charge in [-0.3, -0.25) is 0 Å². The lowest BCUT2D eigenvalue weighted by Gasteiger charge is -2.20. The molecule has 4 aliphatic heterocycles. The maximum absolute atomic E-state index is 2.43. The molecule has 0 unspecified atom stereocenters. The Labute approximate surface area is 229 Å². The molecule has 4 aliphatic rings. The monoisotopic (exact) mass is 486 g/mol. The zero-order valence-electron chi connectivity index (χ0n) is 21.4. The fourth-order valence-corrected chi connectivity index (χ4v) is 8.57. The number of hydrogen-bond donors (Lipinski definition) is 0. The van der Waals surface area contributed by atoms with Gasteiger partial charge in [0.1, 0.15) is 0 Å². The topological polar surface area (TPSA) is 0 Å². The van der Waals surface area contributed by atoms with Gasteiger partial charge < -0.3 is 0 Å². The summed E-state index contributed by atoms with van der Waals surface area (Å²) >= 11 is 0. The molecule has 0 radical (unpaired) electrons. The van der Waals surface area contributed by atoms with E-state index < -0.39 is 0 Å². The van der Waals surface area contributed by atoms with Crippen LogP contribution in [0, 0.1) is 0 Å². The minimum Gasteiger partial charge on any atom is -0.0733 e. The molecule has 0 atom stereocenters. The molecule has 10 rings (SSSR count). The lowest BCUT2D eigenvalue weighted by atomic mass is 9.30. The fraction of sp³-hybridized carbons (Fsp3) is 0. The van der Waals surface area contributed by atoms with Crippen LogP contribution < -0.4 is 49.2 Å². The van der Waals surface area contributed by atoms with Crippen molar-refractivity contribution in [1.82, 2.24) is 0 Å². The SMILES string of the molecule is c1ccc2c(c1)B1c3ccccc3-c3cccc(c31)B1c3ccccc3-c3ccc4c(c31)B2c1ccccc1-4. The standard InChI is InChI=1S/C36H21B3/c1-4-14-28-22(10-1)25-13-9-19-33-34(25)37(28)31-17-7-8-18-32(31)38-29-15-5-2-11-23(29)26-20-21-27-24-12-3-6-16-30(24)39(33)36(27)35(26)38/h1-21H. The second-order valence-corrected chi connectivity index (χ2v) is 11.5. The second-order valence-electron chi connectivity index (χ2n) is 11.5. The van der Waals surface area contributed by atoms with E-state index in [1.165, 1.54) is 82.5 Å². The van der Waals surface area contributed by atoms with Crippen LogP contribution in [0.1, 0.15) is 0 Å². The molecule has 0 saturated heterocycles. The molecule has 0 bridgehead atoms. The fourth-order valence-electron chi connectivity index (χ4n) is 8.57. The van der Waals surface area contributed by atoms with E-state index in [0.29, 0.717) is 0 Å². The summed E-state index contributed by atoms with van der Waals surface area (Å²) in [6.07, 6.45) is 0. The van der Waals surface area contributed by atoms with E-state index in [2.05, 4.69) is 127 Å². The van der Waals surface area contributed by atoms with Gasteiger partial charge in [0.05, 0.1) is 0 Å². The van der Waals surface area contributed by atoms with Crippen LogP contribution in [0.5, 0.6) is 0 Å². The van der Waals surface area contributed by atoms with E-state index in [0.717, 1.165) is 0 Å². The van der Waals surface area contributed by atoms with Crippen molar-refractivity contribution in [3.05, 3.63) is 127 Å². The van der Waals surface area contributed by atoms with Crippen molar-refractivity contribution in [3.8, 4) is 33.4 Å². The van der Waals surface area contributed by atoms with E-state index in [9.17, 15) is 0 Å². The first kappa shape index (κ1) is 20.5. The quantitative estimate of drug-likeness (QED) is 0.286. The van der Waals surface area contributed by atoms with Crippen LogP contribution in [0.3, 0.4) is 0 Å². The molecule has 4 heterocycles. The van der Waals surface area contributed by atoms with Gasteiger partial charge in [0.2, 0.25) is 20.1 Å². The zero-order chi connectivity index (χ0) is 25.2. The van der Waals surface area contributed by atoms with Crippen LogP contribution >= 0.6 is 0 Å². The van der Waals surface area contributed by atoms with Crippen LogP contribution in [-0.4, -0.2) is 20.1 Å². The Balaban J connectivity index is 1.45. The predicted molar refractivity (Wildman–Crippen MR) is 170 cm³/mol. The van der Waals surface area contributed by atoms with Gasteiger partial charge in [-0.2, -0.15) is 0 Å². The van der Waals surface area contributed by atoms with E-state index in [1.807, 2.05) is 0 Å². The lowest BCUT2D eigenvalue weighted by Crippen LogP contribution is -2.64. The van der Waals surface area contributed by atoms with E-state index in [-0.39, 0.29) is 20.1 Å². The molecule has 6 aromatic carbocycles. The summed E-state index contributed by atoms with van der Waals surface area (Å²) in [5.74, 6) is 0. The molecule has 3 heteroatoms. The van der Waals surface area contributed by atoms with Crippen LogP contribution in [0.4, 0.5) is 0 Å². The largest absolute Gasteiger partial charge is 0.241 e. The van der Waals surface area contributed by atoms with Crippen molar-refractivity contribution in [2.75, 3.05) is 0 Å². The summed E-state index contributed by atoms with van der Waals surface area (Å²) < 4.78 is 0. The molecule has 0 nitrogen and oxygen atoms in total. The van der Waals surface area contributed by atoms with Gasteiger partial charge in [-0.1, -0.05) is 177 Å². The molecule has 0 aromatic heterocycles. The highest BCUT2D eigenvalue weighted by atomic mass is 14.3. The first-order valence-electron chi connectivity index (χ1n) is 14.1. The Morgan fingerprint density at radius 2 is 0.564 bits per heavy atom. The van der Waals surface area contributed by atoms with Crippen molar-refractivity contribution in [2.24, 2.45) is 0 Å². The van der Waals surface area contributed by atoms with E-state index in [1.54, 1.807) is 0 Å². The molecule has 0 N–H and O–H groups in total. The van der Waals surface area contributed by atoms with Crippen molar-refractivity contribution in [2.45, 2.75) is 0 Å². The molecule has 0 fully saturated rings. The van der Waals surface area contributed by atoms with Crippen molar-refractivity contribution in [1.29, 1.82) is 0 Å². The molecular formula is C36H21B3. The number of hydrogen-bond acceptors (Lipinski definition) is 0. The zero-order valence-corrected chi connectivity index (χ0v) is 21.4. The van der Waals surface area contributed by atoms with Crippen LogP contribution in [0.15, 0.2) is 127 Å². The maximum Gasteiger partial charge on any atom is 0.241 e. The summed E-state index contributed by atoms with van der Waals surface area (Å²) in [5, 5.41) is 0. The average Bonchev–Trinajstić information content (AvgIpc) is 3.63. The third kappa shape index (κ3) is 2.37. The smallest absolute Gasteiger partial charge is 0.0733 e. The molecule has 0 amide bonds. The van der Waals surface area contributed by atoms with E-state index in [4.69, 9.17) is 0 Å². The van der Waals surface area contributed by atoms with Crippen molar-refractivity contribution >= 4 is 69.3 Å². The Morgan fingerprint density at radius 3 is 1.08 bits per heavy atom. The van der Waals surface area contributed by atoms with Crippen molar-refractivity contribution in [3.63, 3.8) is 0 Å². The lowest BCUT2D eigenvalue weighted by molar-refractivity contribution is 1.70. The highest BCUT2D eigenvalue weighted by molar-refractivity contribution is 7.15. The van der Waals surface area contributed by atoms with Gasteiger partial charge in [0, 0.05) is 0 Å². The maximum atomic E-state index is 2.43. The normalized spacial score (nSPS) is 14.0. The number of fused-ring (bicyclic) bond motifs is 13. The van der Waals surface area contributed by atoms with Crippen LogP contribution in [0.2, 0.25) is 0 Å². The molecule has 0 spiro atoms. The van der Waals surface area contributed by atoms with Gasteiger partial charge in [-0.25, -0.2) is 0 Å². The molecular weight excluding hydrogens is 465 g/mol. The first-order chi connectivity index (χ1) is 19.4. The summed E-state index contributed by atoms with van der Waals surface area (Å²) in [5.41, 5.74) is 21.7. The third-order valence-electron chi connectivity index (χ3n) is 9.91. The minimum atomic E-state index is 0.226. The minimum absolute atomic E-state index is 0.226. The molecule has 0 saturated carbocycles. The third-order valence-corrected chi connectivity index (χ3v) is 9.91. The Kier molecular flexibility index (Phi) is 3.74. The van der Waals surface area contributed by atoms with Crippen LogP contribution in [0.25, 0.3) is 33.4 Å². The predicted octanol–water partition coefficient (Wildman–Crippen LogP) is 1.49. The summed E-state index contributed by atoms with van der Waals surface area (Å²) in [7, 11) is 0. The Hall–Kier alpha value is -4.49. The average molecular weight is 486 g/mol. The molecule has 0 aliphatic carbocycles. The molecule has 39 heavy (non-hydrogen) atoms. The van der Waals surface area contributed by atoms with Gasteiger partial charge in [0.25, 0.3) is 0 Å². The number of rotatable bonds is 0. The molecule has 174 valence electrons. The Morgan fingerprint density at radius 1 is 0.231 bits per heavy atom. The van der Waals surface area contributed by atoms with Crippen LogP contribution in [-0.2, 0) is 0 Å². The van der Waals surface area contributed by atoms with Gasteiger partial charge in [-0.05, 0) is 33.4 Å². The van der Waals surface area contributed by atoms with Crippen molar-refractivity contribution < 1.29 is 0 Å². The van der Waals surface area contributed by atoms with Gasteiger partial charge in [0.15, 0.2) is 0 Å². The Bertz CT molecular complexity index is 2060. The second kappa shape index (κ2) is 7.13. The number of benzene rings is 6. The summed E-state index contributed by atoms with van der Waals surface area (Å²) in [4.78, 5) is 0. The summed E-state index contributed by atoms with van der Waals surface area (Å²) in [6.45, 7) is 0.680. The molecule has 6 aromatic rings. The highest BCUT2D eigenvalue weighted by Crippen LogP contribution is 2.31.